The molecule has 0 bridgehead atoms. The van der Waals surface area contributed by atoms with Crippen LogP contribution in [0.2, 0.25) is 0 Å². The number of hydrogen-bond acceptors (Lipinski definition) is 3. The molecule has 0 radical (unpaired) electrons. The summed E-state index contributed by atoms with van der Waals surface area (Å²) < 4.78 is 4.77. The van der Waals surface area contributed by atoms with Crippen LogP contribution in [-0.4, -0.2) is 25.0 Å². The summed E-state index contributed by atoms with van der Waals surface area (Å²) in [4.78, 5) is 23.1. The number of hydrogen-bond donors (Lipinski definition) is 1. The van der Waals surface area contributed by atoms with Crippen LogP contribution in [0.3, 0.4) is 0 Å². The van der Waals surface area contributed by atoms with Gasteiger partial charge in [-0.1, -0.05) is 31.4 Å². The van der Waals surface area contributed by atoms with E-state index in [9.17, 15) is 9.59 Å². The molecule has 0 heterocycles. The molecule has 114 valence electrons. The molecule has 4 nitrogen and oxygen atoms in total. The summed E-state index contributed by atoms with van der Waals surface area (Å²) >= 11 is 0. The number of carbonyl (C=O) groups excluding carboxylic acids is 2. The third-order valence-corrected chi connectivity index (χ3v) is 3.95. The first-order chi connectivity index (χ1) is 10.2. The van der Waals surface area contributed by atoms with Crippen LogP contribution >= 0.6 is 0 Å². The highest BCUT2D eigenvalue weighted by atomic mass is 16.5. The minimum absolute atomic E-state index is 0.0863. The van der Waals surface area contributed by atoms with Crippen molar-refractivity contribution in [1.82, 2.24) is 5.32 Å². The lowest BCUT2D eigenvalue weighted by Crippen LogP contribution is -2.30. The van der Waals surface area contributed by atoms with Crippen molar-refractivity contribution in [2.24, 2.45) is 0 Å². The summed E-state index contributed by atoms with van der Waals surface area (Å²) in [7, 11) is 0. The van der Waals surface area contributed by atoms with Crippen molar-refractivity contribution < 1.29 is 14.3 Å². The molecule has 1 saturated carbocycles. The maximum absolute atomic E-state index is 11.9. The van der Waals surface area contributed by atoms with Gasteiger partial charge in [0, 0.05) is 5.56 Å². The number of benzene rings is 1. The van der Waals surface area contributed by atoms with Gasteiger partial charge < -0.3 is 10.1 Å². The van der Waals surface area contributed by atoms with Gasteiger partial charge in [0.1, 0.15) is 6.54 Å². The average molecular weight is 289 g/mol. The molecule has 0 saturated heterocycles. The van der Waals surface area contributed by atoms with Crippen LogP contribution in [0, 0.1) is 0 Å². The Kier molecular flexibility index (Phi) is 5.78. The van der Waals surface area contributed by atoms with Gasteiger partial charge in [0.05, 0.1) is 6.61 Å². The molecular formula is C17H23NO3. The van der Waals surface area contributed by atoms with E-state index >= 15 is 0 Å². The second-order valence-corrected chi connectivity index (χ2v) is 5.44. The molecule has 21 heavy (non-hydrogen) atoms. The largest absolute Gasteiger partial charge is 0.465 e. The quantitative estimate of drug-likeness (QED) is 0.848. The first-order valence-electron chi connectivity index (χ1n) is 7.74. The van der Waals surface area contributed by atoms with Crippen molar-refractivity contribution in [3.8, 4) is 0 Å². The summed E-state index contributed by atoms with van der Waals surface area (Å²) in [6.07, 6.45) is 6.42. The lowest BCUT2D eigenvalue weighted by molar-refractivity contribution is -0.141. The summed E-state index contributed by atoms with van der Waals surface area (Å²) in [5.74, 6) is -0.0154. The average Bonchev–Trinajstić information content (AvgIpc) is 2.54. The van der Waals surface area contributed by atoms with Crippen LogP contribution in [0.1, 0.15) is 60.9 Å². The van der Waals surface area contributed by atoms with Gasteiger partial charge in [-0.05, 0) is 43.4 Å². The molecule has 1 aliphatic rings. The molecule has 0 unspecified atom stereocenters. The number of ether oxygens (including phenoxy) is 1. The Morgan fingerprint density at radius 1 is 1.14 bits per heavy atom. The highest BCUT2D eigenvalue weighted by Crippen LogP contribution is 2.32. The first kappa shape index (κ1) is 15.5. The van der Waals surface area contributed by atoms with Crippen molar-refractivity contribution in [3.05, 3.63) is 35.4 Å². The smallest absolute Gasteiger partial charge is 0.325 e. The normalized spacial score (nSPS) is 15.5. The standard InChI is InChI=1S/C17H23NO3/c1-2-21-16(19)12-18-17(20)15-10-8-14(9-11-15)13-6-4-3-5-7-13/h8-11,13H,2-7,12H2,1H3,(H,18,20). The van der Waals surface area contributed by atoms with E-state index < -0.39 is 5.97 Å². The maximum Gasteiger partial charge on any atom is 0.325 e. The summed E-state index contributed by atoms with van der Waals surface area (Å²) in [5, 5.41) is 2.57. The molecule has 1 aromatic rings. The summed E-state index contributed by atoms with van der Waals surface area (Å²) in [6.45, 7) is 1.98. The Balaban J connectivity index is 1.88. The Morgan fingerprint density at radius 2 is 1.81 bits per heavy atom. The van der Waals surface area contributed by atoms with Gasteiger partial charge in [0.2, 0.25) is 0 Å². The SMILES string of the molecule is CCOC(=O)CNC(=O)c1ccc(C2CCCCC2)cc1. The van der Waals surface area contributed by atoms with Gasteiger partial charge in [0.25, 0.3) is 5.91 Å². The molecule has 1 fully saturated rings. The number of esters is 1. The Labute approximate surface area is 125 Å². The van der Waals surface area contributed by atoms with E-state index in [1.165, 1.54) is 37.7 Å². The Hall–Kier alpha value is -1.84. The van der Waals surface area contributed by atoms with Crippen LogP contribution in [0.4, 0.5) is 0 Å². The first-order valence-corrected chi connectivity index (χ1v) is 7.74. The van der Waals surface area contributed by atoms with Crippen LogP contribution in [0.15, 0.2) is 24.3 Å². The second-order valence-electron chi connectivity index (χ2n) is 5.44. The van der Waals surface area contributed by atoms with Crippen molar-refractivity contribution >= 4 is 11.9 Å². The fourth-order valence-corrected chi connectivity index (χ4v) is 2.81. The van der Waals surface area contributed by atoms with Crippen molar-refractivity contribution in [2.75, 3.05) is 13.2 Å². The summed E-state index contributed by atoms with van der Waals surface area (Å²) in [6, 6.07) is 7.75. The molecule has 1 amide bonds. The molecule has 1 N–H and O–H groups in total. The van der Waals surface area contributed by atoms with Crippen molar-refractivity contribution in [3.63, 3.8) is 0 Å². The second kappa shape index (κ2) is 7.81. The predicted molar refractivity (Wildman–Crippen MR) is 81.2 cm³/mol. The van der Waals surface area contributed by atoms with E-state index in [1.54, 1.807) is 6.92 Å². The highest BCUT2D eigenvalue weighted by molar-refractivity contribution is 5.95. The molecule has 1 aliphatic carbocycles. The minimum Gasteiger partial charge on any atom is -0.465 e. The molecule has 0 aromatic heterocycles. The van der Waals surface area contributed by atoms with Gasteiger partial charge in [-0.3, -0.25) is 9.59 Å². The number of amides is 1. The lowest BCUT2D eigenvalue weighted by atomic mass is 9.84. The van der Waals surface area contributed by atoms with Gasteiger partial charge in [0.15, 0.2) is 0 Å². The number of carbonyl (C=O) groups is 2. The molecule has 0 aliphatic heterocycles. The molecular weight excluding hydrogens is 266 g/mol. The summed E-state index contributed by atoms with van der Waals surface area (Å²) in [5.41, 5.74) is 1.90. The van der Waals surface area contributed by atoms with Gasteiger partial charge in [-0.25, -0.2) is 0 Å². The molecule has 2 rings (SSSR count). The molecule has 0 atom stereocenters. The molecule has 4 heteroatoms. The monoisotopic (exact) mass is 289 g/mol. The third kappa shape index (κ3) is 4.59. The molecule has 1 aromatic carbocycles. The molecule has 0 spiro atoms. The number of nitrogens with one attached hydrogen (secondary N) is 1. The van der Waals surface area contributed by atoms with Crippen molar-refractivity contribution in [2.45, 2.75) is 44.9 Å². The van der Waals surface area contributed by atoms with Crippen molar-refractivity contribution in [1.29, 1.82) is 0 Å². The topological polar surface area (TPSA) is 55.4 Å². The van der Waals surface area contributed by atoms with Gasteiger partial charge in [-0.2, -0.15) is 0 Å². The van der Waals surface area contributed by atoms with Crippen LogP contribution in [-0.2, 0) is 9.53 Å². The van der Waals surface area contributed by atoms with Crippen LogP contribution in [0.5, 0.6) is 0 Å². The Morgan fingerprint density at radius 3 is 2.43 bits per heavy atom. The zero-order valence-electron chi connectivity index (χ0n) is 12.6. The van der Waals surface area contributed by atoms with E-state index in [0.717, 1.165) is 0 Å². The van der Waals surface area contributed by atoms with E-state index in [1.807, 2.05) is 24.3 Å². The van der Waals surface area contributed by atoms with Gasteiger partial charge >= 0.3 is 5.97 Å². The predicted octanol–water partition coefficient (Wildman–Crippen LogP) is 3.03. The zero-order valence-corrected chi connectivity index (χ0v) is 12.6. The fraction of sp³-hybridized carbons (Fsp3) is 0.529. The van der Waals surface area contributed by atoms with E-state index in [-0.39, 0.29) is 12.5 Å². The highest BCUT2D eigenvalue weighted by Gasteiger charge is 2.16. The maximum atomic E-state index is 11.9. The van der Waals surface area contributed by atoms with E-state index in [4.69, 9.17) is 4.74 Å². The third-order valence-electron chi connectivity index (χ3n) is 3.95. The van der Waals surface area contributed by atoms with E-state index in [2.05, 4.69) is 5.32 Å². The van der Waals surface area contributed by atoms with Crippen LogP contribution < -0.4 is 5.32 Å². The fourth-order valence-electron chi connectivity index (χ4n) is 2.81. The lowest BCUT2D eigenvalue weighted by Gasteiger charge is -2.22. The van der Waals surface area contributed by atoms with Gasteiger partial charge in [-0.15, -0.1) is 0 Å². The Bertz CT molecular complexity index is 475. The van der Waals surface area contributed by atoms with Crippen LogP contribution in [0.25, 0.3) is 0 Å². The zero-order chi connectivity index (χ0) is 15.1. The van der Waals surface area contributed by atoms with E-state index in [0.29, 0.717) is 18.1 Å². The number of rotatable bonds is 5. The minimum atomic E-state index is -0.412.